The molecule has 2 aromatic rings. The molecular formula is C15H13N3O6S. The summed E-state index contributed by atoms with van der Waals surface area (Å²) in [6.45, 7) is 0. The molecule has 0 saturated heterocycles. The van der Waals surface area contributed by atoms with Crippen molar-refractivity contribution >= 4 is 39.4 Å². The van der Waals surface area contributed by atoms with Gasteiger partial charge in [-0.3, -0.25) is 20.2 Å². The minimum Gasteiger partial charge on any atom is -0.465 e. The Labute approximate surface area is 145 Å². The van der Waals surface area contributed by atoms with Gasteiger partial charge >= 0.3 is 5.97 Å². The van der Waals surface area contributed by atoms with Gasteiger partial charge in [-0.2, -0.15) is 0 Å². The number of methoxy groups -OCH3 is 1. The van der Waals surface area contributed by atoms with E-state index in [2.05, 4.69) is 5.32 Å². The van der Waals surface area contributed by atoms with E-state index in [0.717, 1.165) is 35.8 Å². The van der Waals surface area contributed by atoms with Crippen LogP contribution >= 0.6 is 11.3 Å². The van der Waals surface area contributed by atoms with Crippen molar-refractivity contribution in [3.8, 4) is 0 Å². The highest BCUT2D eigenvalue weighted by Crippen LogP contribution is 2.42. The molecule has 25 heavy (non-hydrogen) atoms. The van der Waals surface area contributed by atoms with Gasteiger partial charge in [0.15, 0.2) is 0 Å². The summed E-state index contributed by atoms with van der Waals surface area (Å²) < 4.78 is 4.83. The molecule has 0 bridgehead atoms. The number of nitro groups is 2. The molecule has 0 amide bonds. The Balaban J connectivity index is 2.05. The van der Waals surface area contributed by atoms with E-state index in [-0.39, 0.29) is 11.4 Å². The summed E-state index contributed by atoms with van der Waals surface area (Å²) in [6, 6.07) is 3.33. The zero-order valence-corrected chi connectivity index (χ0v) is 13.9. The normalized spacial score (nSPS) is 12.5. The zero-order chi connectivity index (χ0) is 18.1. The number of hydrogen-bond acceptors (Lipinski definition) is 8. The second kappa shape index (κ2) is 6.48. The SMILES string of the molecule is COC(=O)c1c(Nc2ccc([N+](=O)[O-])cc2[N+](=O)[O-])sc2c1CCC2. The van der Waals surface area contributed by atoms with E-state index in [1.54, 1.807) is 0 Å². The molecule has 0 unspecified atom stereocenters. The molecule has 1 aliphatic carbocycles. The topological polar surface area (TPSA) is 125 Å². The number of ether oxygens (including phenoxy) is 1. The lowest BCUT2D eigenvalue weighted by molar-refractivity contribution is -0.393. The smallest absolute Gasteiger partial charge is 0.341 e. The number of benzene rings is 1. The van der Waals surface area contributed by atoms with Crippen molar-refractivity contribution in [3.05, 3.63) is 54.4 Å². The number of carbonyl (C=O) groups is 1. The fourth-order valence-electron chi connectivity index (χ4n) is 2.82. The zero-order valence-electron chi connectivity index (χ0n) is 13.1. The third-order valence-electron chi connectivity index (χ3n) is 3.95. The third kappa shape index (κ3) is 3.03. The molecule has 1 aromatic carbocycles. The molecule has 3 rings (SSSR count). The van der Waals surface area contributed by atoms with Crippen molar-refractivity contribution in [1.29, 1.82) is 0 Å². The van der Waals surface area contributed by atoms with Crippen LogP contribution in [0.3, 0.4) is 0 Å². The van der Waals surface area contributed by atoms with E-state index in [1.165, 1.54) is 30.6 Å². The molecule has 130 valence electrons. The minimum absolute atomic E-state index is 0.0840. The highest BCUT2D eigenvalue weighted by atomic mass is 32.1. The summed E-state index contributed by atoms with van der Waals surface area (Å²) in [5.41, 5.74) is 0.565. The predicted molar refractivity (Wildman–Crippen MR) is 90.7 cm³/mol. The average Bonchev–Trinajstić information content (AvgIpc) is 3.14. The van der Waals surface area contributed by atoms with Crippen molar-refractivity contribution in [2.45, 2.75) is 19.3 Å². The van der Waals surface area contributed by atoms with E-state index in [1.807, 2.05) is 0 Å². The molecular weight excluding hydrogens is 350 g/mol. The van der Waals surface area contributed by atoms with Crippen molar-refractivity contribution in [1.82, 2.24) is 0 Å². The van der Waals surface area contributed by atoms with Crippen LogP contribution in [0.15, 0.2) is 18.2 Å². The number of aryl methyl sites for hydroxylation is 1. The van der Waals surface area contributed by atoms with Crippen LogP contribution in [-0.4, -0.2) is 22.9 Å². The minimum atomic E-state index is -0.700. The van der Waals surface area contributed by atoms with Gasteiger partial charge < -0.3 is 10.1 Å². The van der Waals surface area contributed by atoms with Gasteiger partial charge in [0.1, 0.15) is 10.7 Å². The number of thiophene rings is 1. The Hall–Kier alpha value is -3.01. The predicted octanol–water partition coefficient (Wildman–Crippen LogP) is 3.58. The molecule has 1 aliphatic rings. The van der Waals surface area contributed by atoms with E-state index < -0.39 is 21.5 Å². The lowest BCUT2D eigenvalue weighted by Gasteiger charge is -2.08. The molecule has 0 atom stereocenters. The van der Waals surface area contributed by atoms with Gasteiger partial charge in [0.05, 0.1) is 28.6 Å². The fourth-order valence-corrected chi connectivity index (χ4v) is 4.11. The number of fused-ring (bicyclic) bond motifs is 1. The Morgan fingerprint density at radius 1 is 1.24 bits per heavy atom. The van der Waals surface area contributed by atoms with Crippen LogP contribution in [0.4, 0.5) is 22.1 Å². The average molecular weight is 363 g/mol. The number of nitro benzene ring substituents is 2. The number of carbonyl (C=O) groups excluding carboxylic acids is 1. The van der Waals surface area contributed by atoms with Gasteiger partial charge in [-0.25, -0.2) is 4.79 Å². The molecule has 0 fully saturated rings. The van der Waals surface area contributed by atoms with Gasteiger partial charge in [0.2, 0.25) is 0 Å². The van der Waals surface area contributed by atoms with Gasteiger partial charge in [-0.15, -0.1) is 11.3 Å². The molecule has 0 aliphatic heterocycles. The van der Waals surface area contributed by atoms with Crippen LogP contribution in [0.1, 0.15) is 27.2 Å². The van der Waals surface area contributed by atoms with E-state index in [4.69, 9.17) is 4.74 Å². The van der Waals surface area contributed by atoms with Crippen LogP contribution in [0.5, 0.6) is 0 Å². The summed E-state index contributed by atoms with van der Waals surface area (Å²) in [7, 11) is 1.28. The standard InChI is InChI=1S/C15H13N3O6S/c1-24-15(19)13-9-3-2-4-12(9)25-14(13)16-10-6-5-8(17(20)21)7-11(10)18(22)23/h5-7,16H,2-4H2,1H3. The second-order valence-corrected chi connectivity index (χ2v) is 6.50. The van der Waals surface area contributed by atoms with Crippen LogP contribution < -0.4 is 5.32 Å². The molecule has 0 radical (unpaired) electrons. The molecule has 1 heterocycles. The largest absolute Gasteiger partial charge is 0.465 e. The van der Waals surface area contributed by atoms with Crippen LogP contribution in [0.25, 0.3) is 0 Å². The molecule has 0 saturated carbocycles. The first-order chi connectivity index (χ1) is 11.9. The number of anilines is 2. The number of nitrogens with one attached hydrogen (secondary N) is 1. The van der Waals surface area contributed by atoms with Gasteiger partial charge in [0, 0.05) is 10.9 Å². The van der Waals surface area contributed by atoms with E-state index in [9.17, 15) is 25.0 Å². The quantitative estimate of drug-likeness (QED) is 0.489. The molecule has 1 aromatic heterocycles. The molecule has 1 N–H and O–H groups in total. The first-order valence-electron chi connectivity index (χ1n) is 7.35. The number of esters is 1. The van der Waals surface area contributed by atoms with Crippen molar-refractivity contribution in [3.63, 3.8) is 0 Å². The Bertz CT molecular complexity index is 892. The van der Waals surface area contributed by atoms with Gasteiger partial charge in [-0.1, -0.05) is 0 Å². The number of hydrogen-bond donors (Lipinski definition) is 1. The van der Waals surface area contributed by atoms with Crippen LogP contribution in [0, 0.1) is 20.2 Å². The monoisotopic (exact) mass is 363 g/mol. The fraction of sp³-hybridized carbons (Fsp3) is 0.267. The number of non-ortho nitro benzene ring substituents is 1. The van der Waals surface area contributed by atoms with Gasteiger partial charge in [-0.05, 0) is 30.9 Å². The second-order valence-electron chi connectivity index (χ2n) is 5.39. The first kappa shape index (κ1) is 16.8. The molecule has 0 spiro atoms. The first-order valence-corrected chi connectivity index (χ1v) is 8.16. The molecule has 9 nitrogen and oxygen atoms in total. The summed E-state index contributed by atoms with van der Waals surface area (Å²) >= 11 is 1.35. The maximum Gasteiger partial charge on any atom is 0.341 e. The summed E-state index contributed by atoms with van der Waals surface area (Å²) in [5.74, 6) is -0.508. The van der Waals surface area contributed by atoms with Crippen LogP contribution in [0.2, 0.25) is 0 Å². The molecule has 10 heteroatoms. The highest BCUT2D eigenvalue weighted by Gasteiger charge is 2.29. The van der Waals surface area contributed by atoms with Crippen molar-refractivity contribution in [2.75, 3.05) is 12.4 Å². The summed E-state index contributed by atoms with van der Waals surface area (Å²) in [6.07, 6.45) is 2.54. The maximum atomic E-state index is 12.1. The summed E-state index contributed by atoms with van der Waals surface area (Å²) in [5, 5.41) is 25.4. The Morgan fingerprint density at radius 3 is 2.64 bits per heavy atom. The Morgan fingerprint density at radius 2 is 2.00 bits per heavy atom. The number of nitrogens with zero attached hydrogens (tertiary/aromatic N) is 2. The van der Waals surface area contributed by atoms with E-state index in [0.29, 0.717) is 10.6 Å². The van der Waals surface area contributed by atoms with Crippen molar-refractivity contribution in [2.24, 2.45) is 0 Å². The highest BCUT2D eigenvalue weighted by molar-refractivity contribution is 7.16. The number of rotatable bonds is 5. The lowest BCUT2D eigenvalue weighted by Crippen LogP contribution is -2.06. The third-order valence-corrected chi connectivity index (χ3v) is 5.16. The van der Waals surface area contributed by atoms with Crippen LogP contribution in [-0.2, 0) is 17.6 Å². The lowest BCUT2D eigenvalue weighted by atomic mass is 10.1. The summed E-state index contributed by atoms with van der Waals surface area (Å²) in [4.78, 5) is 33.9. The maximum absolute atomic E-state index is 12.1. The van der Waals surface area contributed by atoms with Crippen molar-refractivity contribution < 1.29 is 19.4 Å². The van der Waals surface area contributed by atoms with Gasteiger partial charge in [0.25, 0.3) is 11.4 Å². The van der Waals surface area contributed by atoms with E-state index >= 15 is 0 Å². The Kier molecular flexibility index (Phi) is 4.36.